The predicted molar refractivity (Wildman–Crippen MR) is 99.4 cm³/mol. The van der Waals surface area contributed by atoms with Gasteiger partial charge in [0.25, 0.3) is 0 Å². The van der Waals surface area contributed by atoms with Crippen LogP contribution >= 0.6 is 15.9 Å². The van der Waals surface area contributed by atoms with Gasteiger partial charge in [-0.2, -0.15) is 0 Å². The molecule has 2 aromatic rings. The molecule has 1 amide bonds. The van der Waals surface area contributed by atoms with Gasteiger partial charge < -0.3 is 10.1 Å². The van der Waals surface area contributed by atoms with E-state index in [9.17, 15) is 4.79 Å². The molecule has 3 nitrogen and oxygen atoms in total. The number of nitrogens with one attached hydrogen (secondary N) is 1. The predicted octanol–water partition coefficient (Wildman–Crippen LogP) is 4.24. The lowest BCUT2D eigenvalue weighted by atomic mass is 9.89. The van der Waals surface area contributed by atoms with E-state index in [0.29, 0.717) is 6.42 Å². The van der Waals surface area contributed by atoms with Gasteiger partial charge in [-0.25, -0.2) is 0 Å². The Bertz CT molecular complexity index is 723. The molecule has 1 unspecified atom stereocenters. The van der Waals surface area contributed by atoms with Gasteiger partial charge in [-0.3, -0.25) is 4.79 Å². The first-order chi connectivity index (χ1) is 11.5. The summed E-state index contributed by atoms with van der Waals surface area (Å²) in [5.41, 5.74) is 2.36. The average Bonchev–Trinajstić information content (AvgIpc) is 3.37. The van der Waals surface area contributed by atoms with Crippen molar-refractivity contribution in [3.8, 4) is 5.75 Å². The van der Waals surface area contributed by atoms with E-state index in [2.05, 4.69) is 52.4 Å². The zero-order chi connectivity index (χ0) is 17.2. The Hall–Kier alpha value is -1.81. The molecule has 0 radical (unpaired) electrons. The number of halogens is 1. The minimum atomic E-state index is 0.0548. The monoisotopic (exact) mass is 387 g/mol. The third-order valence-corrected chi connectivity index (χ3v) is 5.44. The lowest BCUT2D eigenvalue weighted by Crippen LogP contribution is -2.42. The fourth-order valence-corrected chi connectivity index (χ4v) is 3.55. The van der Waals surface area contributed by atoms with Gasteiger partial charge in [-0.05, 0) is 55.2 Å². The molecule has 0 aliphatic heterocycles. The summed E-state index contributed by atoms with van der Waals surface area (Å²) in [6, 6.07) is 16.2. The summed E-state index contributed by atoms with van der Waals surface area (Å²) in [6.07, 6.45) is 2.61. The number of rotatable bonds is 6. The second-order valence-electron chi connectivity index (χ2n) is 6.48. The Labute approximate surface area is 151 Å². The lowest BCUT2D eigenvalue weighted by Gasteiger charge is -2.25. The van der Waals surface area contributed by atoms with Crippen molar-refractivity contribution in [3.05, 3.63) is 64.1 Å². The van der Waals surface area contributed by atoms with Crippen molar-refractivity contribution in [2.75, 3.05) is 7.11 Å². The molecule has 0 bridgehead atoms. The van der Waals surface area contributed by atoms with Crippen LogP contribution in [0.3, 0.4) is 0 Å². The van der Waals surface area contributed by atoms with E-state index in [0.717, 1.165) is 28.6 Å². The molecule has 0 saturated heterocycles. The van der Waals surface area contributed by atoms with E-state index in [1.807, 2.05) is 24.3 Å². The van der Waals surface area contributed by atoms with Crippen LogP contribution in [0.5, 0.6) is 5.75 Å². The van der Waals surface area contributed by atoms with E-state index >= 15 is 0 Å². The summed E-state index contributed by atoms with van der Waals surface area (Å²) in [7, 11) is 1.64. The van der Waals surface area contributed by atoms with Crippen LogP contribution < -0.4 is 10.1 Å². The van der Waals surface area contributed by atoms with Crippen molar-refractivity contribution in [2.24, 2.45) is 0 Å². The van der Waals surface area contributed by atoms with Crippen LogP contribution in [-0.2, 0) is 16.6 Å². The minimum absolute atomic E-state index is 0.0548. The first-order valence-corrected chi connectivity index (χ1v) is 9.01. The molecule has 4 heteroatoms. The standard InChI is InChI=1S/C20H22BrNO2/c1-14(20(10-11-20)16-6-8-17(21)9-7-16)22-19(23)13-15-4-3-5-18(12-15)24-2/h3-9,12,14H,10-11,13H2,1-2H3,(H,22,23). The topological polar surface area (TPSA) is 38.3 Å². The summed E-state index contributed by atoms with van der Waals surface area (Å²) in [6.45, 7) is 2.11. The Morgan fingerprint density at radius 1 is 1.25 bits per heavy atom. The zero-order valence-electron chi connectivity index (χ0n) is 14.0. The fraction of sp³-hybridized carbons (Fsp3) is 0.350. The lowest BCUT2D eigenvalue weighted by molar-refractivity contribution is -0.121. The highest BCUT2D eigenvalue weighted by atomic mass is 79.9. The van der Waals surface area contributed by atoms with Gasteiger partial charge in [0, 0.05) is 15.9 Å². The number of ether oxygens (including phenoxy) is 1. The van der Waals surface area contributed by atoms with Crippen LogP contribution in [0.25, 0.3) is 0 Å². The zero-order valence-corrected chi connectivity index (χ0v) is 15.6. The summed E-state index contributed by atoms with van der Waals surface area (Å²) >= 11 is 3.48. The number of amides is 1. The number of hydrogen-bond donors (Lipinski definition) is 1. The van der Waals surface area contributed by atoms with Crippen LogP contribution in [0, 0.1) is 0 Å². The van der Waals surface area contributed by atoms with Crippen molar-refractivity contribution < 1.29 is 9.53 Å². The largest absolute Gasteiger partial charge is 0.497 e. The SMILES string of the molecule is COc1cccc(CC(=O)NC(C)C2(c3ccc(Br)cc3)CC2)c1. The molecule has 3 rings (SSSR count). The van der Waals surface area contributed by atoms with Gasteiger partial charge >= 0.3 is 0 Å². The van der Waals surface area contributed by atoms with E-state index in [4.69, 9.17) is 4.74 Å². The maximum absolute atomic E-state index is 12.4. The number of hydrogen-bond acceptors (Lipinski definition) is 2. The highest BCUT2D eigenvalue weighted by Crippen LogP contribution is 2.51. The first kappa shape index (κ1) is 17.0. The smallest absolute Gasteiger partial charge is 0.224 e. The van der Waals surface area contributed by atoms with Gasteiger partial charge in [0.2, 0.25) is 5.91 Å². The molecule has 1 fully saturated rings. The van der Waals surface area contributed by atoms with Crippen molar-refractivity contribution in [1.82, 2.24) is 5.32 Å². The van der Waals surface area contributed by atoms with Gasteiger partial charge in [0.1, 0.15) is 5.75 Å². The molecule has 1 saturated carbocycles. The molecule has 0 heterocycles. The molecule has 1 aliphatic rings. The molecule has 1 N–H and O–H groups in total. The molecule has 1 atom stereocenters. The number of benzene rings is 2. The van der Waals surface area contributed by atoms with E-state index in [-0.39, 0.29) is 17.4 Å². The average molecular weight is 388 g/mol. The van der Waals surface area contributed by atoms with Crippen LogP contribution in [-0.4, -0.2) is 19.1 Å². The summed E-state index contributed by atoms with van der Waals surface area (Å²) in [4.78, 5) is 12.4. The van der Waals surface area contributed by atoms with Crippen molar-refractivity contribution in [3.63, 3.8) is 0 Å². The Morgan fingerprint density at radius 3 is 2.58 bits per heavy atom. The Balaban J connectivity index is 1.64. The van der Waals surface area contributed by atoms with Gasteiger partial charge in [0.05, 0.1) is 13.5 Å². The normalized spacial score (nSPS) is 16.3. The van der Waals surface area contributed by atoms with E-state index < -0.39 is 0 Å². The third-order valence-electron chi connectivity index (χ3n) is 4.91. The quantitative estimate of drug-likeness (QED) is 0.804. The second-order valence-corrected chi connectivity index (χ2v) is 7.40. The molecule has 0 spiro atoms. The molecular formula is C20H22BrNO2. The molecular weight excluding hydrogens is 366 g/mol. The highest BCUT2D eigenvalue weighted by molar-refractivity contribution is 9.10. The van der Waals surface area contributed by atoms with Crippen LogP contribution in [0.2, 0.25) is 0 Å². The summed E-state index contributed by atoms with van der Waals surface area (Å²) in [5, 5.41) is 3.19. The summed E-state index contributed by atoms with van der Waals surface area (Å²) in [5.74, 6) is 0.834. The van der Waals surface area contributed by atoms with Gasteiger partial charge in [0.15, 0.2) is 0 Å². The Kier molecular flexibility index (Phi) is 4.95. The molecule has 2 aromatic carbocycles. The number of carbonyl (C=O) groups excluding carboxylic acids is 1. The van der Waals surface area contributed by atoms with Crippen molar-refractivity contribution in [1.29, 1.82) is 0 Å². The van der Waals surface area contributed by atoms with Crippen molar-refractivity contribution >= 4 is 21.8 Å². The molecule has 24 heavy (non-hydrogen) atoms. The third kappa shape index (κ3) is 3.64. The molecule has 126 valence electrons. The highest BCUT2D eigenvalue weighted by Gasteiger charge is 2.49. The second kappa shape index (κ2) is 6.98. The first-order valence-electron chi connectivity index (χ1n) is 8.22. The van der Waals surface area contributed by atoms with Crippen LogP contribution in [0.15, 0.2) is 53.0 Å². The Morgan fingerprint density at radius 2 is 1.96 bits per heavy atom. The van der Waals surface area contributed by atoms with E-state index in [1.54, 1.807) is 7.11 Å². The maximum atomic E-state index is 12.4. The van der Waals surface area contributed by atoms with Crippen molar-refractivity contribution in [2.45, 2.75) is 37.6 Å². The minimum Gasteiger partial charge on any atom is -0.497 e. The van der Waals surface area contributed by atoms with Gasteiger partial charge in [-0.15, -0.1) is 0 Å². The van der Waals surface area contributed by atoms with Crippen LogP contribution in [0.1, 0.15) is 30.9 Å². The molecule has 1 aliphatic carbocycles. The number of methoxy groups -OCH3 is 1. The fourth-order valence-electron chi connectivity index (χ4n) is 3.29. The van der Waals surface area contributed by atoms with E-state index in [1.165, 1.54) is 5.56 Å². The summed E-state index contributed by atoms with van der Waals surface area (Å²) < 4.78 is 6.29. The van der Waals surface area contributed by atoms with Gasteiger partial charge in [-0.1, -0.05) is 40.2 Å². The molecule has 0 aromatic heterocycles. The number of carbonyl (C=O) groups is 1. The van der Waals surface area contributed by atoms with Crippen LogP contribution in [0.4, 0.5) is 0 Å². The maximum Gasteiger partial charge on any atom is 0.224 e.